The summed E-state index contributed by atoms with van der Waals surface area (Å²) in [6.07, 6.45) is 0. The Kier molecular flexibility index (Phi) is 5.22. The zero-order valence-electron chi connectivity index (χ0n) is 6.01. The molecule has 0 radical (unpaired) electrons. The van der Waals surface area contributed by atoms with Crippen LogP contribution in [0.15, 0.2) is 0 Å². The van der Waals surface area contributed by atoms with E-state index in [4.69, 9.17) is 4.74 Å². The summed E-state index contributed by atoms with van der Waals surface area (Å²) in [6.45, 7) is 4.28. The first-order valence-electron chi connectivity index (χ1n) is 2.91. The van der Waals surface area contributed by atoms with E-state index in [2.05, 4.69) is 4.97 Å². The average Bonchev–Trinajstić information content (AvgIpc) is 1.87. The van der Waals surface area contributed by atoms with E-state index in [1.807, 2.05) is 13.8 Å². The van der Waals surface area contributed by atoms with Crippen molar-refractivity contribution in [3.05, 3.63) is 0 Å². The van der Waals surface area contributed by atoms with Crippen molar-refractivity contribution in [3.63, 3.8) is 0 Å². The van der Waals surface area contributed by atoms with Crippen LogP contribution in [-0.4, -0.2) is 33.5 Å². The molecule has 54 valence electrons. The van der Waals surface area contributed by atoms with Crippen molar-refractivity contribution in [1.29, 1.82) is 0 Å². The molecule has 0 spiro atoms. The molecule has 0 aliphatic rings. The fourth-order valence-electron chi connectivity index (χ4n) is 0.356. The van der Waals surface area contributed by atoms with Gasteiger partial charge in [0, 0.05) is 0 Å². The van der Waals surface area contributed by atoms with Crippen LogP contribution in [-0.2, 0) is 9.53 Å². The molecule has 2 nitrogen and oxygen atoms in total. The van der Waals surface area contributed by atoms with E-state index in [9.17, 15) is 4.79 Å². The van der Waals surface area contributed by atoms with Crippen LogP contribution in [0.4, 0.5) is 0 Å². The molecule has 0 saturated carbocycles. The summed E-state index contributed by atoms with van der Waals surface area (Å²) in [7, 11) is 0. The first-order valence-corrected chi connectivity index (χ1v) is 6.59. The molecule has 0 aromatic rings. The molecule has 1 atom stereocenters. The van der Waals surface area contributed by atoms with Crippen molar-refractivity contribution < 1.29 is 9.53 Å². The van der Waals surface area contributed by atoms with Gasteiger partial charge in [-0.05, 0) is 0 Å². The van der Waals surface area contributed by atoms with Crippen molar-refractivity contribution in [2.75, 3.05) is 6.61 Å². The molecule has 0 bridgehead atoms. The normalized spacial score (nSPS) is 12.8. The number of carbonyl (C=O) groups excluding carboxylic acids is 1. The van der Waals surface area contributed by atoms with Crippen LogP contribution in [0.5, 0.6) is 0 Å². The van der Waals surface area contributed by atoms with E-state index in [0.29, 0.717) is 6.61 Å². The Hall–Kier alpha value is 0.260. The summed E-state index contributed by atoms with van der Waals surface area (Å²) in [6, 6.07) is 0. The summed E-state index contributed by atoms with van der Waals surface area (Å²) >= 11 is -0.136. The minimum absolute atomic E-state index is 0.0256. The molecule has 0 heterocycles. The molecule has 1 unspecified atom stereocenters. The number of hydrogen-bond donors (Lipinski definition) is 0. The third-order valence-electron chi connectivity index (χ3n) is 0.972. The van der Waals surface area contributed by atoms with Gasteiger partial charge in [0.2, 0.25) is 0 Å². The van der Waals surface area contributed by atoms with Crippen molar-refractivity contribution >= 4 is 26.9 Å². The predicted molar refractivity (Wildman–Crippen MR) is 37.7 cm³/mol. The maximum atomic E-state index is 10.8. The summed E-state index contributed by atoms with van der Waals surface area (Å²) < 4.78 is 4.98. The van der Waals surface area contributed by atoms with Gasteiger partial charge in [0.05, 0.1) is 0 Å². The van der Waals surface area contributed by atoms with Gasteiger partial charge < -0.3 is 0 Å². The molecule has 0 aromatic carbocycles. The Morgan fingerprint density at radius 1 is 1.78 bits per heavy atom. The predicted octanol–water partition coefficient (Wildman–Crippen LogP) is 1.11. The van der Waals surface area contributed by atoms with Gasteiger partial charge in [0.15, 0.2) is 0 Å². The summed E-state index contributed by atoms with van der Waals surface area (Å²) in [5.74, 6) is -0.0256. The molecular weight excluding hydrogens is 232 g/mol. The number of ether oxygens (including phenoxy) is 1. The van der Waals surface area contributed by atoms with Crippen LogP contribution >= 0.6 is 0 Å². The van der Waals surface area contributed by atoms with Gasteiger partial charge in [-0.3, -0.25) is 0 Å². The van der Waals surface area contributed by atoms with Crippen molar-refractivity contribution in [3.8, 4) is 0 Å². The number of carbonyl (C=O) groups is 1. The molecule has 0 rings (SSSR count). The molecule has 0 aliphatic heterocycles. The Morgan fingerprint density at radius 2 is 2.33 bits per heavy atom. The molecular formula is C6H12O2Te. The van der Waals surface area contributed by atoms with Crippen molar-refractivity contribution in [1.82, 2.24) is 0 Å². The monoisotopic (exact) mass is 246 g/mol. The maximum absolute atomic E-state index is 10.8. The van der Waals surface area contributed by atoms with E-state index >= 15 is 0 Å². The Labute approximate surface area is 66.0 Å². The molecule has 0 fully saturated rings. The van der Waals surface area contributed by atoms with Gasteiger partial charge in [0.25, 0.3) is 0 Å². The zero-order valence-corrected chi connectivity index (χ0v) is 8.34. The molecule has 0 aliphatic carbocycles. The van der Waals surface area contributed by atoms with Gasteiger partial charge in [0.1, 0.15) is 0 Å². The number of rotatable bonds is 3. The van der Waals surface area contributed by atoms with Crippen LogP contribution in [0.25, 0.3) is 0 Å². The molecule has 3 heteroatoms. The SMILES string of the molecule is CCOC(=O)C(C)[Te]C. The zero-order chi connectivity index (χ0) is 7.28. The van der Waals surface area contributed by atoms with E-state index in [1.165, 1.54) is 0 Å². The second-order valence-corrected chi connectivity index (χ2v) is 4.99. The molecule has 0 saturated heterocycles. The molecule has 0 N–H and O–H groups in total. The van der Waals surface area contributed by atoms with E-state index in [1.54, 1.807) is 0 Å². The second-order valence-electron chi connectivity index (χ2n) is 1.63. The fraction of sp³-hybridized carbons (Fsp3) is 0.833. The number of hydrogen-bond acceptors (Lipinski definition) is 2. The quantitative estimate of drug-likeness (QED) is 0.548. The third-order valence-corrected chi connectivity index (χ3v) is 3.54. The van der Waals surface area contributed by atoms with Gasteiger partial charge in [-0.15, -0.1) is 0 Å². The minimum atomic E-state index is -0.136. The molecule has 0 aromatic heterocycles. The van der Waals surface area contributed by atoms with Gasteiger partial charge in [-0.2, -0.15) is 0 Å². The Bertz CT molecular complexity index is 93.1. The van der Waals surface area contributed by atoms with Crippen LogP contribution in [0.2, 0.25) is 8.94 Å². The first kappa shape index (κ1) is 9.26. The number of esters is 1. The van der Waals surface area contributed by atoms with Crippen LogP contribution in [0, 0.1) is 0 Å². The topological polar surface area (TPSA) is 26.3 Å². The summed E-state index contributed by atoms with van der Waals surface area (Å²) in [5, 5.41) is 0. The van der Waals surface area contributed by atoms with Crippen LogP contribution in [0.1, 0.15) is 13.8 Å². The fourth-order valence-corrected chi connectivity index (χ4v) is 1.10. The van der Waals surface area contributed by atoms with Gasteiger partial charge in [-0.25, -0.2) is 0 Å². The first-order chi connectivity index (χ1) is 4.22. The van der Waals surface area contributed by atoms with E-state index < -0.39 is 0 Å². The average molecular weight is 244 g/mol. The second kappa shape index (κ2) is 5.08. The van der Waals surface area contributed by atoms with E-state index in [-0.39, 0.29) is 30.9 Å². The van der Waals surface area contributed by atoms with E-state index in [0.717, 1.165) is 0 Å². The third kappa shape index (κ3) is 3.77. The molecule has 9 heavy (non-hydrogen) atoms. The van der Waals surface area contributed by atoms with Crippen LogP contribution in [0.3, 0.4) is 0 Å². The van der Waals surface area contributed by atoms with Crippen molar-refractivity contribution in [2.24, 2.45) is 0 Å². The molecule has 0 amide bonds. The van der Waals surface area contributed by atoms with Gasteiger partial charge in [-0.1, -0.05) is 0 Å². The Morgan fingerprint density at radius 3 is 2.67 bits per heavy atom. The van der Waals surface area contributed by atoms with Gasteiger partial charge >= 0.3 is 65.8 Å². The van der Waals surface area contributed by atoms with Crippen molar-refractivity contribution in [2.45, 2.75) is 22.8 Å². The van der Waals surface area contributed by atoms with Crippen LogP contribution < -0.4 is 0 Å². The summed E-state index contributed by atoms with van der Waals surface area (Å²) in [5.41, 5.74) is 0. The Balaban J connectivity index is 3.46. The summed E-state index contributed by atoms with van der Waals surface area (Å²) in [4.78, 5) is 12.9. The standard InChI is InChI=1S/C6H12O2Te/c1-4-8-6(7)5(2)9-3/h5H,4H2,1-3H3.